The zero-order valence-electron chi connectivity index (χ0n) is 16.1. The van der Waals surface area contributed by atoms with Crippen LogP contribution >= 0.6 is 15.9 Å². The van der Waals surface area contributed by atoms with E-state index in [2.05, 4.69) is 41.6 Å². The molecule has 0 aliphatic rings. The average Bonchev–Trinajstić information content (AvgIpc) is 3.36. The molecule has 0 fully saturated rings. The number of non-ortho nitro benzene ring substituents is 1. The molecule has 1 amide bonds. The highest BCUT2D eigenvalue weighted by atomic mass is 79.9. The summed E-state index contributed by atoms with van der Waals surface area (Å²) in [5, 5.41) is 25.7. The number of nitro groups is 1. The van der Waals surface area contributed by atoms with E-state index in [-0.39, 0.29) is 17.3 Å². The number of benzene rings is 2. The molecule has 0 aliphatic heterocycles. The van der Waals surface area contributed by atoms with Crippen LogP contribution in [0, 0.1) is 17.0 Å². The van der Waals surface area contributed by atoms with Crippen LogP contribution in [-0.2, 0) is 6.54 Å². The van der Waals surface area contributed by atoms with E-state index in [9.17, 15) is 14.9 Å². The Morgan fingerprint density at radius 3 is 2.74 bits per heavy atom. The topological polar surface area (TPSA) is 134 Å². The molecule has 4 rings (SSSR count). The van der Waals surface area contributed by atoms with E-state index in [1.807, 2.05) is 24.3 Å². The Morgan fingerprint density at radius 2 is 2.00 bits per heavy atom. The molecule has 0 radical (unpaired) electrons. The van der Waals surface area contributed by atoms with Gasteiger partial charge in [0.05, 0.1) is 22.8 Å². The fraction of sp³-hybridized carbons (Fsp3) is 0.105. The van der Waals surface area contributed by atoms with Crippen molar-refractivity contribution < 1.29 is 9.72 Å². The SMILES string of the molecule is Cc1c(C(=O)Nc2ncn(Cc3ccc(Br)cc3)n2)nnn1-c1cccc([N+](=O)[O-])c1. The first-order chi connectivity index (χ1) is 14.9. The Bertz CT molecular complexity index is 1270. The van der Waals surface area contributed by atoms with Gasteiger partial charge in [-0.25, -0.2) is 14.3 Å². The lowest BCUT2D eigenvalue weighted by molar-refractivity contribution is -0.384. The Hall–Kier alpha value is -3.93. The Kier molecular flexibility index (Phi) is 5.54. The lowest BCUT2D eigenvalue weighted by Gasteiger charge is -2.04. The highest BCUT2D eigenvalue weighted by molar-refractivity contribution is 9.10. The number of halogens is 1. The first-order valence-electron chi connectivity index (χ1n) is 9.03. The van der Waals surface area contributed by atoms with Crippen LogP contribution < -0.4 is 5.32 Å². The second kappa shape index (κ2) is 8.44. The molecule has 12 heteroatoms. The standard InChI is InChI=1S/C19H15BrN8O3/c1-12-17(23-25-27(12)15-3-2-4-16(9-15)28(30)31)18(29)22-19-21-11-26(24-19)10-13-5-7-14(20)8-6-13/h2-9,11H,10H2,1H3,(H,22,24,29). The van der Waals surface area contributed by atoms with Crippen molar-refractivity contribution in [3.63, 3.8) is 0 Å². The van der Waals surface area contributed by atoms with Crippen LogP contribution in [0.15, 0.2) is 59.3 Å². The van der Waals surface area contributed by atoms with Gasteiger partial charge in [0.1, 0.15) is 6.33 Å². The fourth-order valence-corrected chi connectivity index (χ4v) is 3.15. The molecule has 0 bridgehead atoms. The number of carbonyl (C=O) groups excluding carboxylic acids is 1. The summed E-state index contributed by atoms with van der Waals surface area (Å²) in [6, 6.07) is 13.7. The van der Waals surface area contributed by atoms with Gasteiger partial charge in [0, 0.05) is 16.6 Å². The minimum atomic E-state index is -0.532. The minimum absolute atomic E-state index is 0.0655. The quantitative estimate of drug-likeness (QED) is 0.329. The molecule has 156 valence electrons. The van der Waals surface area contributed by atoms with E-state index in [1.165, 1.54) is 29.2 Å². The van der Waals surface area contributed by atoms with Crippen molar-refractivity contribution in [1.29, 1.82) is 0 Å². The molecule has 0 spiro atoms. The largest absolute Gasteiger partial charge is 0.288 e. The third-order valence-corrected chi connectivity index (χ3v) is 4.94. The molecule has 2 aromatic carbocycles. The van der Waals surface area contributed by atoms with Crippen LogP contribution in [-0.4, -0.2) is 40.6 Å². The van der Waals surface area contributed by atoms with E-state index < -0.39 is 10.8 Å². The second-order valence-electron chi connectivity index (χ2n) is 6.56. The third-order valence-electron chi connectivity index (χ3n) is 4.41. The van der Waals surface area contributed by atoms with Gasteiger partial charge in [-0.1, -0.05) is 39.3 Å². The van der Waals surface area contributed by atoms with Crippen LogP contribution in [0.5, 0.6) is 0 Å². The Labute approximate surface area is 184 Å². The molecule has 0 aliphatic carbocycles. The monoisotopic (exact) mass is 482 g/mol. The average molecular weight is 483 g/mol. The molecule has 1 N–H and O–H groups in total. The van der Waals surface area contributed by atoms with Crippen molar-refractivity contribution in [2.45, 2.75) is 13.5 Å². The van der Waals surface area contributed by atoms with Crippen LogP contribution in [0.2, 0.25) is 0 Å². The predicted molar refractivity (Wildman–Crippen MR) is 114 cm³/mol. The zero-order chi connectivity index (χ0) is 22.0. The summed E-state index contributed by atoms with van der Waals surface area (Å²) in [6.07, 6.45) is 1.52. The molecule has 31 heavy (non-hydrogen) atoms. The number of hydrogen-bond acceptors (Lipinski definition) is 7. The van der Waals surface area contributed by atoms with Gasteiger partial charge in [-0.05, 0) is 30.7 Å². The van der Waals surface area contributed by atoms with Gasteiger partial charge in [-0.15, -0.1) is 10.2 Å². The van der Waals surface area contributed by atoms with Crippen molar-refractivity contribution in [3.05, 3.63) is 86.4 Å². The first-order valence-corrected chi connectivity index (χ1v) is 9.82. The summed E-state index contributed by atoms with van der Waals surface area (Å²) >= 11 is 3.39. The molecule has 2 aromatic heterocycles. The van der Waals surface area contributed by atoms with Crippen molar-refractivity contribution in [2.24, 2.45) is 0 Å². The number of nitrogens with one attached hydrogen (secondary N) is 1. The second-order valence-corrected chi connectivity index (χ2v) is 7.47. The summed E-state index contributed by atoms with van der Waals surface area (Å²) in [6.45, 7) is 2.14. The molecule has 0 unspecified atom stereocenters. The maximum atomic E-state index is 12.6. The maximum Gasteiger partial charge on any atom is 0.280 e. The van der Waals surface area contributed by atoms with Crippen molar-refractivity contribution in [3.8, 4) is 5.69 Å². The number of nitro benzene ring substituents is 1. The van der Waals surface area contributed by atoms with Crippen LogP contribution in [0.3, 0.4) is 0 Å². The number of rotatable bonds is 6. The van der Waals surface area contributed by atoms with Gasteiger partial charge >= 0.3 is 0 Å². The normalized spacial score (nSPS) is 10.8. The zero-order valence-corrected chi connectivity index (χ0v) is 17.7. The molecule has 0 atom stereocenters. The smallest absolute Gasteiger partial charge is 0.280 e. The number of nitrogens with zero attached hydrogens (tertiary/aromatic N) is 7. The summed E-state index contributed by atoms with van der Waals surface area (Å²) in [5.74, 6) is -0.401. The number of aromatic nitrogens is 6. The van der Waals surface area contributed by atoms with Crippen molar-refractivity contribution in [1.82, 2.24) is 29.8 Å². The van der Waals surface area contributed by atoms with Crippen LogP contribution in [0.1, 0.15) is 21.7 Å². The van der Waals surface area contributed by atoms with E-state index in [4.69, 9.17) is 0 Å². The van der Waals surface area contributed by atoms with Crippen molar-refractivity contribution in [2.75, 3.05) is 5.32 Å². The molecule has 0 saturated carbocycles. The lowest BCUT2D eigenvalue weighted by atomic mass is 10.2. The Balaban J connectivity index is 1.48. The molecular weight excluding hydrogens is 468 g/mol. The van der Waals surface area contributed by atoms with Gasteiger partial charge in [0.15, 0.2) is 5.69 Å². The van der Waals surface area contributed by atoms with Gasteiger partial charge in [0.2, 0.25) is 5.95 Å². The fourth-order valence-electron chi connectivity index (χ4n) is 2.89. The van der Waals surface area contributed by atoms with E-state index in [0.29, 0.717) is 17.9 Å². The number of amides is 1. The van der Waals surface area contributed by atoms with Crippen molar-refractivity contribution >= 4 is 33.5 Å². The highest BCUT2D eigenvalue weighted by Gasteiger charge is 2.20. The van der Waals surface area contributed by atoms with Crippen LogP contribution in [0.25, 0.3) is 5.69 Å². The molecule has 2 heterocycles. The minimum Gasteiger partial charge on any atom is -0.288 e. The maximum absolute atomic E-state index is 12.6. The number of hydrogen-bond donors (Lipinski definition) is 1. The summed E-state index contributed by atoms with van der Waals surface area (Å²) in [7, 11) is 0. The van der Waals surface area contributed by atoms with Crippen LogP contribution in [0.4, 0.5) is 11.6 Å². The van der Waals surface area contributed by atoms with E-state index in [1.54, 1.807) is 17.7 Å². The number of carbonyl (C=O) groups is 1. The number of anilines is 1. The highest BCUT2D eigenvalue weighted by Crippen LogP contribution is 2.19. The molecule has 0 saturated heterocycles. The summed E-state index contributed by atoms with van der Waals surface area (Å²) < 4.78 is 3.95. The summed E-state index contributed by atoms with van der Waals surface area (Å²) in [4.78, 5) is 27.2. The predicted octanol–water partition coefficient (Wildman–Crippen LogP) is 3.14. The molecular formula is C19H15BrN8O3. The first kappa shape index (κ1) is 20.3. The Morgan fingerprint density at radius 1 is 1.23 bits per heavy atom. The molecule has 4 aromatic rings. The van der Waals surface area contributed by atoms with E-state index >= 15 is 0 Å². The lowest BCUT2D eigenvalue weighted by Crippen LogP contribution is -2.15. The van der Waals surface area contributed by atoms with Gasteiger partial charge in [0.25, 0.3) is 11.6 Å². The van der Waals surface area contributed by atoms with E-state index in [0.717, 1.165) is 10.0 Å². The third kappa shape index (κ3) is 4.48. The van der Waals surface area contributed by atoms with Gasteiger partial charge in [-0.3, -0.25) is 20.2 Å². The van der Waals surface area contributed by atoms with Gasteiger partial charge < -0.3 is 0 Å². The summed E-state index contributed by atoms with van der Waals surface area (Å²) in [5.41, 5.74) is 1.86. The van der Waals surface area contributed by atoms with Gasteiger partial charge in [-0.2, -0.15) is 0 Å². The molecule has 11 nitrogen and oxygen atoms in total.